The number of hydrogen-bond acceptors (Lipinski definition) is 11. The predicted molar refractivity (Wildman–Crippen MR) is 99.6 cm³/mol. The largest absolute Gasteiger partial charge is 0.490 e. The van der Waals surface area contributed by atoms with E-state index in [1.54, 1.807) is 10.4 Å². The van der Waals surface area contributed by atoms with Gasteiger partial charge in [0.2, 0.25) is 5.60 Å². The van der Waals surface area contributed by atoms with Crippen LogP contribution in [0.1, 0.15) is 8.97 Å². The first kappa shape index (κ1) is 24.0. The molecule has 0 aliphatic carbocycles. The van der Waals surface area contributed by atoms with E-state index in [-0.39, 0.29) is 0 Å². The third kappa shape index (κ3) is 6.67. The van der Waals surface area contributed by atoms with E-state index in [4.69, 9.17) is 33.8 Å². The zero-order chi connectivity index (χ0) is 26.3. The van der Waals surface area contributed by atoms with Crippen LogP contribution in [-0.2, 0) is 31.6 Å². The Labute approximate surface area is 184 Å². The molecule has 1 saturated heterocycles. The predicted octanol–water partition coefficient (Wildman–Crippen LogP) is -1.93. The third-order valence-corrected chi connectivity index (χ3v) is 7.20. The van der Waals surface area contributed by atoms with E-state index in [1.807, 2.05) is 5.92 Å². The number of H-pyrrole nitrogens is 1. The standard InChI is InChI=1S/C11H14ClN2O15P3/c12-3-2-11(18)8(16)6(27-9(11)14-4-1-7(15)13-10(14)17)5-26-31(22,23)29-32(24,25)28-30(19,20)21/h1,4,6,8-9,16,18H,5H2,(H,22,23)(H,24,25)(H,13,15,17)(H2,19,20,21)/t6-,8+,9-,11?/m1/s1/i5D2. The van der Waals surface area contributed by atoms with Crippen LogP contribution in [0.2, 0.25) is 0 Å². The Morgan fingerprint density at radius 3 is 2.41 bits per heavy atom. The van der Waals surface area contributed by atoms with Gasteiger partial charge in [-0.15, -0.1) is 0 Å². The minimum atomic E-state index is -6.07. The quantitative estimate of drug-likeness (QED) is 0.139. The Kier molecular flexibility index (Phi) is 7.18. The minimum absolute atomic E-state index is 0.451. The van der Waals surface area contributed by atoms with Gasteiger partial charge in [0.05, 0.1) is 9.30 Å². The van der Waals surface area contributed by atoms with E-state index in [0.29, 0.717) is 4.57 Å². The average Bonchev–Trinajstić information content (AvgIpc) is 2.83. The van der Waals surface area contributed by atoms with Gasteiger partial charge in [0.1, 0.15) is 12.2 Å². The van der Waals surface area contributed by atoms with E-state index in [2.05, 4.69) is 13.1 Å². The molecule has 0 saturated carbocycles. The second-order valence-corrected chi connectivity index (χ2v) is 10.2. The average molecular weight is 545 g/mol. The maximum absolute atomic E-state index is 12.1. The van der Waals surface area contributed by atoms with Crippen molar-refractivity contribution >= 4 is 35.1 Å². The lowest BCUT2D eigenvalue weighted by Gasteiger charge is -2.26. The summed E-state index contributed by atoms with van der Waals surface area (Å²) in [5.41, 5.74) is -5.01. The minimum Gasteiger partial charge on any atom is -0.386 e. The highest BCUT2D eigenvalue weighted by atomic mass is 35.5. The third-order valence-electron chi connectivity index (χ3n) is 3.44. The van der Waals surface area contributed by atoms with Crippen LogP contribution in [-0.4, -0.2) is 63.7 Å². The number of aromatic nitrogens is 2. The lowest BCUT2D eigenvalue weighted by Crippen LogP contribution is -2.48. The van der Waals surface area contributed by atoms with Crippen molar-refractivity contribution in [3.63, 3.8) is 0 Å². The molecule has 0 aromatic carbocycles. The number of aliphatic hydroxyl groups is 2. The Morgan fingerprint density at radius 2 is 1.88 bits per heavy atom. The zero-order valence-corrected chi connectivity index (χ0v) is 18.4. The number of nitrogens with one attached hydrogen (secondary N) is 1. The van der Waals surface area contributed by atoms with Crippen molar-refractivity contribution in [3.05, 3.63) is 33.1 Å². The summed E-state index contributed by atoms with van der Waals surface area (Å²) >= 11 is 5.25. The number of rotatable bonds is 8. The molecule has 0 bridgehead atoms. The molecule has 17 nitrogen and oxygen atoms in total. The number of phosphoric ester groups is 1. The molecule has 0 spiro atoms. The molecule has 7 N–H and O–H groups in total. The summed E-state index contributed by atoms with van der Waals surface area (Å²) in [4.78, 5) is 60.9. The summed E-state index contributed by atoms with van der Waals surface area (Å²) in [6.45, 7) is -3.71. The summed E-state index contributed by atoms with van der Waals surface area (Å²) < 4.78 is 66.1. The van der Waals surface area contributed by atoms with Crippen LogP contribution in [0, 0.1) is 11.3 Å². The van der Waals surface area contributed by atoms with Gasteiger partial charge in [-0.25, -0.2) is 18.5 Å². The van der Waals surface area contributed by atoms with Crippen LogP contribution < -0.4 is 11.2 Å². The zero-order valence-electron chi connectivity index (χ0n) is 16.9. The summed E-state index contributed by atoms with van der Waals surface area (Å²) in [6.07, 6.45) is -6.36. The van der Waals surface area contributed by atoms with Crippen LogP contribution >= 0.6 is 35.1 Å². The van der Waals surface area contributed by atoms with Gasteiger partial charge in [-0.2, -0.15) is 8.62 Å². The van der Waals surface area contributed by atoms with Gasteiger partial charge >= 0.3 is 29.2 Å². The van der Waals surface area contributed by atoms with Gasteiger partial charge < -0.3 is 34.5 Å². The molecule has 1 fully saturated rings. The van der Waals surface area contributed by atoms with E-state index >= 15 is 0 Å². The number of nitrogens with zero attached hydrogens (tertiary/aromatic N) is 1. The Morgan fingerprint density at radius 1 is 1.25 bits per heavy atom. The molecule has 3 unspecified atom stereocenters. The van der Waals surface area contributed by atoms with E-state index < -0.39 is 65.3 Å². The molecule has 2 heterocycles. The van der Waals surface area contributed by atoms with Crippen molar-refractivity contribution < 1.29 is 64.1 Å². The molecular weight excluding hydrogens is 528 g/mol. The molecular formula is C11H14ClN2O15P3. The van der Waals surface area contributed by atoms with Crippen LogP contribution in [0.4, 0.5) is 0 Å². The molecule has 32 heavy (non-hydrogen) atoms. The summed E-state index contributed by atoms with van der Waals surface area (Å²) in [5.74, 6) is 1.86. The molecule has 1 aromatic heterocycles. The van der Waals surface area contributed by atoms with E-state index in [0.717, 1.165) is 12.3 Å². The van der Waals surface area contributed by atoms with Gasteiger partial charge in [0.25, 0.3) is 5.56 Å². The number of hydrogen-bond donors (Lipinski definition) is 7. The van der Waals surface area contributed by atoms with Crippen LogP contribution in [0.25, 0.3) is 0 Å². The molecule has 1 aromatic rings. The highest BCUT2D eigenvalue weighted by molar-refractivity contribution is 7.66. The molecule has 1 aliphatic heterocycles. The normalized spacial score (nSPS) is 30.9. The molecule has 0 radical (unpaired) electrons. The smallest absolute Gasteiger partial charge is 0.386 e. The fourth-order valence-electron chi connectivity index (χ4n) is 2.30. The number of halogens is 1. The second-order valence-electron chi connectivity index (χ2n) is 5.72. The summed E-state index contributed by atoms with van der Waals surface area (Å²) in [5, 5.41) is 22.9. The van der Waals surface area contributed by atoms with E-state index in [1.165, 1.54) is 0 Å². The Balaban J connectivity index is 2.41. The highest BCUT2D eigenvalue weighted by Gasteiger charge is 2.56. The van der Waals surface area contributed by atoms with E-state index in [9.17, 15) is 38.4 Å². The summed E-state index contributed by atoms with van der Waals surface area (Å²) in [6, 6.07) is 0.777. The number of aromatic amines is 1. The second kappa shape index (κ2) is 9.59. The van der Waals surface area contributed by atoms with Crippen molar-refractivity contribution in [2.45, 2.75) is 24.0 Å². The number of aliphatic hydroxyl groups excluding tert-OH is 1. The Hall–Kier alpha value is -1.18. The fraction of sp³-hybridized carbons (Fsp3) is 0.455. The summed E-state index contributed by atoms with van der Waals surface area (Å²) in [7, 11) is -17.8. The lowest BCUT2D eigenvalue weighted by atomic mass is 9.95. The number of ether oxygens (including phenoxy) is 1. The van der Waals surface area contributed by atoms with Gasteiger partial charge in [0.15, 0.2) is 6.23 Å². The van der Waals surface area contributed by atoms with Crippen LogP contribution in [0.5, 0.6) is 0 Å². The van der Waals surface area contributed by atoms with Crippen molar-refractivity contribution in [2.24, 2.45) is 0 Å². The monoisotopic (exact) mass is 544 g/mol. The fourth-order valence-corrected chi connectivity index (χ4v) is 5.33. The maximum Gasteiger partial charge on any atom is 0.490 e. The lowest BCUT2D eigenvalue weighted by molar-refractivity contribution is -0.0761. The molecule has 6 atom stereocenters. The van der Waals surface area contributed by atoms with Crippen molar-refractivity contribution in [2.75, 3.05) is 6.56 Å². The first-order valence-electron chi connectivity index (χ1n) is 8.58. The first-order chi connectivity index (χ1) is 15.2. The van der Waals surface area contributed by atoms with Crippen LogP contribution in [0.15, 0.2) is 21.9 Å². The molecule has 0 amide bonds. The van der Waals surface area contributed by atoms with Gasteiger partial charge in [-0.1, -0.05) is 0 Å². The van der Waals surface area contributed by atoms with Gasteiger partial charge in [-0.05, 0) is 17.5 Å². The maximum atomic E-state index is 12.1. The molecule has 180 valence electrons. The highest BCUT2D eigenvalue weighted by Crippen LogP contribution is 2.66. The molecule has 1 aliphatic rings. The molecule has 2 rings (SSSR count). The first-order valence-corrected chi connectivity index (χ1v) is 12.5. The SMILES string of the molecule is [2H]C([2H])(OP(=O)(O)OP(=O)(O)OP(=O)(O)O)[C@H]1O[C@@H](n2ccc(=O)[nH]c2=O)C(O)(C#CCl)[C@H]1O. The molecule has 21 heteroatoms. The van der Waals surface area contributed by atoms with Crippen molar-refractivity contribution in [1.82, 2.24) is 9.55 Å². The van der Waals surface area contributed by atoms with Gasteiger partial charge in [0, 0.05) is 17.6 Å². The Bertz CT molecular complexity index is 1270. The van der Waals surface area contributed by atoms with Crippen molar-refractivity contribution in [3.8, 4) is 11.3 Å². The van der Waals surface area contributed by atoms with Gasteiger partial charge in [-0.3, -0.25) is 18.9 Å². The van der Waals surface area contributed by atoms with Crippen molar-refractivity contribution in [1.29, 1.82) is 0 Å². The topological polar surface area (TPSA) is 264 Å². The van der Waals surface area contributed by atoms with Crippen LogP contribution in [0.3, 0.4) is 0 Å². The number of phosphoric acid groups is 3.